The molecule has 0 aromatic heterocycles. The fourth-order valence-corrected chi connectivity index (χ4v) is 16.6. The summed E-state index contributed by atoms with van der Waals surface area (Å²) in [6.45, 7) is 15.8. The van der Waals surface area contributed by atoms with E-state index in [4.69, 9.17) is 13.6 Å². The Morgan fingerprint density at radius 1 is 0.568 bits per heavy atom. The normalized spacial score (nSPS) is 21.6. The van der Waals surface area contributed by atoms with Crippen molar-refractivity contribution in [2.24, 2.45) is 0 Å². The lowest BCUT2D eigenvalue weighted by molar-refractivity contribution is -0.219. The number of hydrogen-bond donors (Lipinski definition) is 1. The van der Waals surface area contributed by atoms with Gasteiger partial charge in [0.2, 0.25) is 0 Å². The Morgan fingerprint density at radius 3 is 1.20 bits per heavy atom. The highest BCUT2D eigenvalue weighted by Crippen LogP contribution is 2.43. The topological polar surface area (TPSA) is 47.9 Å². The van der Waals surface area contributed by atoms with E-state index < -0.39 is 35.1 Å². The van der Waals surface area contributed by atoms with Crippen molar-refractivity contribution in [3.8, 4) is 0 Å². The number of aliphatic hydroxyl groups is 1. The molecule has 0 radical (unpaired) electrons. The van der Waals surface area contributed by atoms with E-state index in [2.05, 4.69) is 163 Å². The average Bonchev–Trinajstić information content (AvgIpc) is 3.00. The molecule has 232 valence electrons. The first-order valence-electron chi connectivity index (χ1n) is 15.8. The van der Waals surface area contributed by atoms with Crippen LogP contribution in [0.3, 0.4) is 0 Å². The summed E-state index contributed by atoms with van der Waals surface area (Å²) >= 11 is 0. The molecule has 1 heterocycles. The van der Waals surface area contributed by atoms with E-state index in [0.29, 0.717) is 6.42 Å². The zero-order chi connectivity index (χ0) is 31.6. The minimum Gasteiger partial charge on any atom is -0.402 e. The fourth-order valence-electron chi connectivity index (χ4n) is 7.12. The molecule has 1 N–H and O–H groups in total. The van der Waals surface area contributed by atoms with Crippen LogP contribution in [0.5, 0.6) is 0 Å². The van der Waals surface area contributed by atoms with Crippen LogP contribution < -0.4 is 20.7 Å². The molecule has 0 saturated carbocycles. The maximum atomic E-state index is 11.1. The van der Waals surface area contributed by atoms with Crippen molar-refractivity contribution in [1.82, 2.24) is 0 Å². The van der Waals surface area contributed by atoms with E-state index in [1.807, 2.05) is 6.92 Å². The molecule has 1 aliphatic heterocycles. The highest BCUT2D eigenvalue weighted by molar-refractivity contribution is 7.00. The molecule has 0 spiro atoms. The minimum absolute atomic E-state index is 0.215. The number of ether oxygens (including phenoxy) is 1. The lowest BCUT2D eigenvalue weighted by atomic mass is 10.0. The summed E-state index contributed by atoms with van der Waals surface area (Å²) in [6.07, 6.45) is -1.80. The Hall–Kier alpha value is -2.85. The predicted octanol–water partition coefficient (Wildman–Crippen LogP) is 6.00. The molecular weight excluding hydrogens is 577 g/mol. The smallest absolute Gasteiger partial charge is 0.261 e. The Balaban J connectivity index is 1.70. The van der Waals surface area contributed by atoms with Gasteiger partial charge in [-0.2, -0.15) is 0 Å². The third kappa shape index (κ3) is 6.04. The largest absolute Gasteiger partial charge is 0.402 e. The number of rotatable bonds is 8. The van der Waals surface area contributed by atoms with Crippen LogP contribution >= 0.6 is 0 Å². The van der Waals surface area contributed by atoms with Crippen LogP contribution in [0.15, 0.2) is 121 Å². The molecule has 4 atom stereocenters. The molecule has 5 rings (SSSR count). The quantitative estimate of drug-likeness (QED) is 0.244. The van der Waals surface area contributed by atoms with Gasteiger partial charge in [-0.3, -0.25) is 0 Å². The molecule has 4 aromatic rings. The average molecular weight is 625 g/mol. The van der Waals surface area contributed by atoms with Crippen LogP contribution in [0, 0.1) is 0 Å². The van der Waals surface area contributed by atoms with Crippen molar-refractivity contribution < 1.29 is 18.7 Å². The van der Waals surface area contributed by atoms with Crippen LogP contribution in [0.2, 0.25) is 10.1 Å². The molecule has 0 aliphatic carbocycles. The van der Waals surface area contributed by atoms with E-state index in [9.17, 15) is 5.11 Å². The van der Waals surface area contributed by atoms with Gasteiger partial charge in [-0.15, -0.1) is 0 Å². The molecule has 1 aliphatic rings. The number of benzene rings is 4. The van der Waals surface area contributed by atoms with Gasteiger partial charge in [-0.25, -0.2) is 0 Å². The van der Waals surface area contributed by atoms with Crippen molar-refractivity contribution in [2.75, 3.05) is 0 Å². The summed E-state index contributed by atoms with van der Waals surface area (Å²) in [7, 11) is -5.90. The summed E-state index contributed by atoms with van der Waals surface area (Å²) in [6, 6.07) is 42.8. The van der Waals surface area contributed by atoms with Crippen LogP contribution in [-0.4, -0.2) is 46.3 Å². The van der Waals surface area contributed by atoms with Crippen molar-refractivity contribution in [1.29, 1.82) is 0 Å². The lowest BCUT2D eigenvalue weighted by Gasteiger charge is -2.52. The SMILES string of the molecule is C[C@H]1O[C@H](O)C[C@H](O[Si](c2ccccc2)(c2ccccc2)C(C)(C)C)[C@@H]1O[Si](c1ccccc1)(c1ccccc1)C(C)(C)C. The van der Waals surface area contributed by atoms with Gasteiger partial charge in [0.15, 0.2) is 6.29 Å². The first-order valence-corrected chi connectivity index (χ1v) is 19.6. The number of hydrogen-bond acceptors (Lipinski definition) is 4. The summed E-state index contributed by atoms with van der Waals surface area (Å²) < 4.78 is 21.6. The molecule has 44 heavy (non-hydrogen) atoms. The molecule has 0 bridgehead atoms. The van der Waals surface area contributed by atoms with Gasteiger partial charge in [0, 0.05) is 6.42 Å². The van der Waals surface area contributed by atoms with Crippen LogP contribution in [0.4, 0.5) is 0 Å². The molecule has 4 nitrogen and oxygen atoms in total. The van der Waals surface area contributed by atoms with Crippen molar-refractivity contribution >= 4 is 37.4 Å². The molecule has 4 aromatic carbocycles. The molecule has 0 amide bonds. The summed E-state index contributed by atoms with van der Waals surface area (Å²) in [5.74, 6) is 0. The van der Waals surface area contributed by atoms with Crippen molar-refractivity contribution in [2.45, 2.75) is 89.6 Å². The Morgan fingerprint density at radius 2 is 0.886 bits per heavy atom. The van der Waals surface area contributed by atoms with Gasteiger partial charge >= 0.3 is 0 Å². The van der Waals surface area contributed by atoms with Gasteiger partial charge in [-0.05, 0) is 37.7 Å². The second kappa shape index (κ2) is 12.9. The van der Waals surface area contributed by atoms with Crippen molar-refractivity contribution in [3.05, 3.63) is 121 Å². The maximum Gasteiger partial charge on any atom is 0.261 e. The van der Waals surface area contributed by atoms with E-state index >= 15 is 0 Å². The first-order chi connectivity index (χ1) is 20.9. The van der Waals surface area contributed by atoms with Crippen LogP contribution in [0.1, 0.15) is 54.9 Å². The van der Waals surface area contributed by atoms with Gasteiger partial charge in [0.05, 0.1) is 18.3 Å². The maximum absolute atomic E-state index is 11.1. The predicted molar refractivity (Wildman–Crippen MR) is 186 cm³/mol. The Labute approximate surface area is 266 Å². The lowest BCUT2D eigenvalue weighted by Crippen LogP contribution is -2.73. The third-order valence-electron chi connectivity index (χ3n) is 9.11. The number of aliphatic hydroxyl groups excluding tert-OH is 1. The monoisotopic (exact) mass is 624 g/mol. The zero-order valence-electron chi connectivity index (χ0n) is 27.2. The van der Waals surface area contributed by atoms with Gasteiger partial charge in [0.1, 0.15) is 0 Å². The van der Waals surface area contributed by atoms with Gasteiger partial charge in [0.25, 0.3) is 16.6 Å². The van der Waals surface area contributed by atoms with Crippen LogP contribution in [0.25, 0.3) is 0 Å². The molecule has 1 saturated heterocycles. The van der Waals surface area contributed by atoms with Crippen LogP contribution in [-0.2, 0) is 13.6 Å². The van der Waals surface area contributed by atoms with E-state index in [1.165, 1.54) is 20.7 Å². The van der Waals surface area contributed by atoms with Gasteiger partial charge in [-0.1, -0.05) is 163 Å². The third-order valence-corrected chi connectivity index (χ3v) is 19.2. The van der Waals surface area contributed by atoms with E-state index in [-0.39, 0.29) is 16.2 Å². The second-order valence-electron chi connectivity index (χ2n) is 14.1. The molecule has 1 fully saturated rings. The minimum atomic E-state index is -2.95. The fraction of sp³-hybridized carbons (Fsp3) is 0.368. The molecule has 6 heteroatoms. The first kappa shape index (κ1) is 32.5. The summed E-state index contributed by atoms with van der Waals surface area (Å²) in [5.41, 5.74) is 0. The second-order valence-corrected chi connectivity index (χ2v) is 22.6. The standard InChI is InChI=1S/C38H48O4Si2/c1-29-36(42-44(38(5,6)7,32-24-16-10-17-25-32)33-26-18-11-19-27-33)34(28-35(39)40-29)41-43(37(2,3)4,30-20-12-8-13-21-30)31-22-14-9-15-23-31/h8-27,29,34-36,39H,28H2,1-7H3/t29-,34+,35+,36-/m1/s1. The zero-order valence-corrected chi connectivity index (χ0v) is 29.2. The molecular formula is C38H48O4Si2. The highest BCUT2D eigenvalue weighted by Gasteiger charge is 2.57. The van der Waals surface area contributed by atoms with E-state index in [0.717, 1.165) is 0 Å². The summed E-state index contributed by atoms with van der Waals surface area (Å²) in [5, 5.41) is 15.5. The van der Waals surface area contributed by atoms with E-state index in [1.54, 1.807) is 0 Å². The van der Waals surface area contributed by atoms with Crippen molar-refractivity contribution in [3.63, 3.8) is 0 Å². The highest BCUT2D eigenvalue weighted by atomic mass is 28.4. The molecule has 0 unspecified atom stereocenters. The Bertz CT molecular complexity index is 1390. The Kier molecular flexibility index (Phi) is 9.52. The van der Waals surface area contributed by atoms with Gasteiger partial charge < -0.3 is 18.7 Å². The summed E-state index contributed by atoms with van der Waals surface area (Å²) in [4.78, 5) is 0.